The van der Waals surface area contributed by atoms with Crippen molar-refractivity contribution in [3.8, 4) is 11.5 Å². The number of nitrogens with zero attached hydrogens (tertiary/aromatic N) is 1. The predicted octanol–water partition coefficient (Wildman–Crippen LogP) is 3.83. The van der Waals surface area contributed by atoms with Crippen molar-refractivity contribution in [1.82, 2.24) is 4.90 Å². The van der Waals surface area contributed by atoms with Gasteiger partial charge in [-0.05, 0) is 38.0 Å². The maximum Gasteiger partial charge on any atom is 0.257 e. The normalized spacial score (nSPS) is 16.2. The molecule has 0 N–H and O–H groups in total. The summed E-state index contributed by atoms with van der Waals surface area (Å²) in [7, 11) is 3.44. The Bertz CT molecular complexity index is 784. The molecule has 0 bridgehead atoms. The zero-order valence-electron chi connectivity index (χ0n) is 16.2. The number of rotatable bonds is 7. The fraction of sp³-hybridized carbons (Fsp3) is 0.409. The van der Waals surface area contributed by atoms with Gasteiger partial charge >= 0.3 is 0 Å². The number of amides is 1. The zero-order valence-corrected chi connectivity index (χ0v) is 16.2. The summed E-state index contributed by atoms with van der Waals surface area (Å²) in [5.41, 5.74) is 2.67. The number of benzene rings is 2. The Kier molecular flexibility index (Phi) is 6.35. The number of aryl methyl sites for hydroxylation is 1. The van der Waals surface area contributed by atoms with E-state index >= 15 is 0 Å². The smallest absolute Gasteiger partial charge is 0.257 e. The molecule has 5 nitrogen and oxygen atoms in total. The molecule has 1 fully saturated rings. The molecule has 1 atom stereocenters. The lowest BCUT2D eigenvalue weighted by Gasteiger charge is -2.21. The Hall–Kier alpha value is -2.53. The van der Waals surface area contributed by atoms with Crippen LogP contribution in [0.4, 0.5) is 0 Å². The van der Waals surface area contributed by atoms with Crippen LogP contribution in [-0.4, -0.2) is 44.3 Å². The van der Waals surface area contributed by atoms with Crippen molar-refractivity contribution in [3.05, 3.63) is 59.2 Å². The second kappa shape index (κ2) is 8.91. The van der Waals surface area contributed by atoms with Crippen molar-refractivity contribution >= 4 is 5.91 Å². The van der Waals surface area contributed by atoms with Gasteiger partial charge in [-0.2, -0.15) is 0 Å². The van der Waals surface area contributed by atoms with Crippen LogP contribution < -0.4 is 9.47 Å². The molecule has 27 heavy (non-hydrogen) atoms. The molecule has 1 unspecified atom stereocenters. The Morgan fingerprint density at radius 2 is 2.04 bits per heavy atom. The number of ether oxygens (including phenoxy) is 3. The highest BCUT2D eigenvalue weighted by atomic mass is 16.5. The fourth-order valence-electron chi connectivity index (χ4n) is 3.29. The lowest BCUT2D eigenvalue weighted by atomic mass is 10.1. The number of carbonyl (C=O) groups is 1. The number of hydrogen-bond acceptors (Lipinski definition) is 4. The third-order valence-electron chi connectivity index (χ3n) is 4.76. The van der Waals surface area contributed by atoms with Crippen LogP contribution in [0.3, 0.4) is 0 Å². The van der Waals surface area contributed by atoms with Crippen molar-refractivity contribution < 1.29 is 19.0 Å². The molecular weight excluding hydrogens is 342 g/mol. The summed E-state index contributed by atoms with van der Waals surface area (Å²) in [6.45, 7) is 3.75. The van der Waals surface area contributed by atoms with Crippen molar-refractivity contribution in [3.63, 3.8) is 0 Å². The molecule has 1 saturated heterocycles. The van der Waals surface area contributed by atoms with Crippen LogP contribution in [0.15, 0.2) is 42.5 Å². The van der Waals surface area contributed by atoms with Crippen LogP contribution in [0.25, 0.3) is 0 Å². The van der Waals surface area contributed by atoms with Gasteiger partial charge in [0.05, 0.1) is 18.8 Å². The van der Waals surface area contributed by atoms with Gasteiger partial charge in [0.25, 0.3) is 5.91 Å². The number of methoxy groups -OCH3 is 1. The summed E-state index contributed by atoms with van der Waals surface area (Å²) in [6, 6.07) is 13.3. The molecule has 1 aliphatic rings. The first kappa shape index (κ1) is 19.2. The summed E-state index contributed by atoms with van der Waals surface area (Å²) in [4.78, 5) is 14.7. The molecule has 1 aliphatic heterocycles. The highest BCUT2D eigenvalue weighted by Gasteiger charge is 2.20. The average molecular weight is 369 g/mol. The minimum atomic E-state index is -0.0819. The Morgan fingerprint density at radius 1 is 1.22 bits per heavy atom. The van der Waals surface area contributed by atoms with E-state index in [2.05, 4.69) is 0 Å². The van der Waals surface area contributed by atoms with E-state index in [0.29, 0.717) is 24.5 Å². The molecule has 0 aromatic heterocycles. The van der Waals surface area contributed by atoms with Crippen molar-refractivity contribution in [2.75, 3.05) is 27.4 Å². The number of para-hydroxylation sites is 1. The van der Waals surface area contributed by atoms with E-state index in [9.17, 15) is 4.79 Å². The Balaban J connectivity index is 1.72. The molecular formula is C22H27NO4. The maximum absolute atomic E-state index is 13.0. The molecule has 0 spiro atoms. The standard InChI is InChI=1S/C22H27NO4/c1-16-10-11-20(25-3)17(13-16)14-23(2)22(24)19-8-4-5-9-21(19)27-15-18-7-6-12-26-18/h4-5,8-11,13,18H,6-7,12,14-15H2,1-3H3. The third-order valence-corrected chi connectivity index (χ3v) is 4.76. The topological polar surface area (TPSA) is 48.0 Å². The third kappa shape index (κ3) is 4.80. The lowest BCUT2D eigenvalue weighted by Crippen LogP contribution is -2.27. The maximum atomic E-state index is 13.0. The first-order valence-electron chi connectivity index (χ1n) is 9.31. The van der Waals surface area contributed by atoms with Crippen molar-refractivity contribution in [2.24, 2.45) is 0 Å². The first-order valence-corrected chi connectivity index (χ1v) is 9.31. The van der Waals surface area contributed by atoms with Gasteiger partial charge in [-0.1, -0.05) is 29.8 Å². The molecule has 0 radical (unpaired) electrons. The SMILES string of the molecule is COc1ccc(C)cc1CN(C)C(=O)c1ccccc1OCC1CCCO1. The van der Waals surface area contributed by atoms with Crippen molar-refractivity contribution in [1.29, 1.82) is 0 Å². The highest BCUT2D eigenvalue weighted by molar-refractivity contribution is 5.96. The van der Waals surface area contributed by atoms with E-state index in [1.165, 1.54) is 0 Å². The van der Waals surface area contributed by atoms with E-state index in [4.69, 9.17) is 14.2 Å². The van der Waals surface area contributed by atoms with Gasteiger partial charge in [0.2, 0.25) is 0 Å². The largest absolute Gasteiger partial charge is 0.496 e. The number of hydrogen-bond donors (Lipinski definition) is 0. The molecule has 2 aromatic carbocycles. The second-order valence-corrected chi connectivity index (χ2v) is 6.92. The van der Waals surface area contributed by atoms with Gasteiger partial charge in [-0.25, -0.2) is 0 Å². The van der Waals surface area contributed by atoms with Gasteiger partial charge in [-0.15, -0.1) is 0 Å². The quantitative estimate of drug-likeness (QED) is 0.744. The molecule has 2 aromatic rings. The van der Waals surface area contributed by atoms with E-state index < -0.39 is 0 Å². The highest BCUT2D eigenvalue weighted by Crippen LogP contribution is 2.25. The van der Waals surface area contributed by atoms with Crippen LogP contribution in [0.1, 0.15) is 34.3 Å². The molecule has 1 amide bonds. The van der Waals surface area contributed by atoms with Gasteiger partial charge < -0.3 is 19.1 Å². The second-order valence-electron chi connectivity index (χ2n) is 6.92. The van der Waals surface area contributed by atoms with Gasteiger partial charge in [0.15, 0.2) is 0 Å². The molecule has 1 heterocycles. The Morgan fingerprint density at radius 3 is 2.78 bits per heavy atom. The van der Waals surface area contributed by atoms with Gasteiger partial charge in [0, 0.05) is 25.8 Å². The summed E-state index contributed by atoms with van der Waals surface area (Å²) >= 11 is 0. The fourth-order valence-corrected chi connectivity index (χ4v) is 3.29. The van der Waals surface area contributed by atoms with Gasteiger partial charge in [0.1, 0.15) is 18.1 Å². The summed E-state index contributed by atoms with van der Waals surface area (Å²) < 4.78 is 16.9. The average Bonchev–Trinajstić information content (AvgIpc) is 3.20. The van der Waals surface area contributed by atoms with Crippen LogP contribution >= 0.6 is 0 Å². The van der Waals surface area contributed by atoms with Crippen molar-refractivity contribution in [2.45, 2.75) is 32.4 Å². The minimum absolute atomic E-state index is 0.0819. The molecule has 0 saturated carbocycles. The molecule has 5 heteroatoms. The summed E-state index contributed by atoms with van der Waals surface area (Å²) in [6.07, 6.45) is 2.18. The van der Waals surface area contributed by atoms with E-state index in [0.717, 1.165) is 36.3 Å². The first-order chi connectivity index (χ1) is 13.1. The van der Waals surface area contributed by atoms with Crippen LogP contribution in [0.2, 0.25) is 0 Å². The van der Waals surface area contributed by atoms with Crippen LogP contribution in [0, 0.1) is 6.92 Å². The van der Waals surface area contributed by atoms with Gasteiger partial charge in [-0.3, -0.25) is 4.79 Å². The van der Waals surface area contributed by atoms with E-state index in [1.54, 1.807) is 25.1 Å². The predicted molar refractivity (Wildman–Crippen MR) is 104 cm³/mol. The molecule has 144 valence electrons. The minimum Gasteiger partial charge on any atom is -0.496 e. The Labute approximate surface area is 160 Å². The monoisotopic (exact) mass is 369 g/mol. The lowest BCUT2D eigenvalue weighted by molar-refractivity contribution is 0.0656. The summed E-state index contributed by atoms with van der Waals surface area (Å²) in [5.74, 6) is 1.30. The van der Waals surface area contributed by atoms with E-state index in [-0.39, 0.29) is 12.0 Å². The zero-order chi connectivity index (χ0) is 19.2. The number of carbonyl (C=O) groups excluding carboxylic acids is 1. The van der Waals surface area contributed by atoms with Crippen LogP contribution in [0.5, 0.6) is 11.5 Å². The molecule has 0 aliphatic carbocycles. The summed E-state index contributed by atoms with van der Waals surface area (Å²) in [5, 5.41) is 0. The van der Waals surface area contributed by atoms with E-state index in [1.807, 2.05) is 43.3 Å². The molecule has 3 rings (SSSR count). The van der Waals surface area contributed by atoms with Crippen LogP contribution in [-0.2, 0) is 11.3 Å².